The molecule has 3 aliphatic heterocycles. The van der Waals surface area contributed by atoms with Crippen LogP contribution in [-0.2, 0) is 20.9 Å². The van der Waals surface area contributed by atoms with E-state index in [1.807, 2.05) is 4.90 Å². The highest BCUT2D eigenvalue weighted by Gasteiger charge is 2.53. The average molecular weight is 486 g/mol. The van der Waals surface area contributed by atoms with Gasteiger partial charge in [-0.1, -0.05) is 39.3 Å². The first-order chi connectivity index (χ1) is 16.9. The Kier molecular flexibility index (Phi) is 8.71. The molecule has 1 unspecified atom stereocenters. The molecule has 1 spiro atoms. The molecule has 35 heavy (non-hydrogen) atoms. The van der Waals surface area contributed by atoms with E-state index in [0.29, 0.717) is 31.7 Å². The quantitative estimate of drug-likeness (QED) is 0.577. The third-order valence-corrected chi connectivity index (χ3v) is 7.74. The van der Waals surface area contributed by atoms with Gasteiger partial charge in [-0.3, -0.25) is 14.5 Å². The van der Waals surface area contributed by atoms with Crippen LogP contribution in [0.5, 0.6) is 5.75 Å². The number of carbonyl (C=O) groups is 2. The number of rotatable bonds is 9. The minimum atomic E-state index is -0.697. The van der Waals surface area contributed by atoms with Gasteiger partial charge in [0.15, 0.2) is 0 Å². The molecule has 3 saturated heterocycles. The molecular formula is C28H43N3O4. The molecule has 0 bridgehead atoms. The van der Waals surface area contributed by atoms with Gasteiger partial charge in [0.2, 0.25) is 11.8 Å². The van der Waals surface area contributed by atoms with Gasteiger partial charge in [-0.15, -0.1) is 0 Å². The van der Waals surface area contributed by atoms with E-state index in [-0.39, 0.29) is 24.0 Å². The highest BCUT2D eigenvalue weighted by Crippen LogP contribution is 2.35. The molecule has 1 N–H and O–H groups in total. The summed E-state index contributed by atoms with van der Waals surface area (Å²) >= 11 is 0. The summed E-state index contributed by atoms with van der Waals surface area (Å²) in [5, 5.41) is 3.10. The SMILES string of the molecule is CCCCN1C(=O)C(CC(C)C)NC(=O)C12CCN(Cc1ccc(OC3CCOCC3)cc1)CC2. The summed E-state index contributed by atoms with van der Waals surface area (Å²) in [7, 11) is 0. The first-order valence-corrected chi connectivity index (χ1v) is 13.6. The van der Waals surface area contributed by atoms with Crippen LogP contribution in [0, 0.1) is 5.92 Å². The first kappa shape index (κ1) is 26.0. The Morgan fingerprint density at radius 2 is 1.80 bits per heavy atom. The van der Waals surface area contributed by atoms with Crippen molar-refractivity contribution in [3.05, 3.63) is 29.8 Å². The lowest BCUT2D eigenvalue weighted by atomic mass is 9.80. The van der Waals surface area contributed by atoms with Gasteiger partial charge >= 0.3 is 0 Å². The number of ether oxygens (including phenoxy) is 2. The minimum absolute atomic E-state index is 0.0492. The third kappa shape index (κ3) is 6.18. The number of carbonyl (C=O) groups excluding carboxylic acids is 2. The van der Waals surface area contributed by atoms with Crippen molar-refractivity contribution in [3.63, 3.8) is 0 Å². The second-order valence-electron chi connectivity index (χ2n) is 10.9. The number of likely N-dealkylation sites (tertiary alicyclic amines) is 1. The van der Waals surface area contributed by atoms with Gasteiger partial charge in [-0.2, -0.15) is 0 Å². The predicted octanol–water partition coefficient (Wildman–Crippen LogP) is 3.75. The molecule has 1 atom stereocenters. The maximum absolute atomic E-state index is 13.4. The van der Waals surface area contributed by atoms with E-state index in [0.717, 1.165) is 64.3 Å². The van der Waals surface area contributed by atoms with Gasteiger partial charge in [0.05, 0.1) is 13.2 Å². The zero-order valence-corrected chi connectivity index (χ0v) is 21.8. The number of unbranched alkanes of at least 4 members (excludes halogenated alkanes) is 1. The summed E-state index contributed by atoms with van der Waals surface area (Å²) < 4.78 is 11.5. The normalized spacial score (nSPS) is 23.7. The van der Waals surface area contributed by atoms with Gasteiger partial charge in [0, 0.05) is 39.0 Å². The monoisotopic (exact) mass is 485 g/mol. The summed E-state index contributed by atoms with van der Waals surface area (Å²) in [5.74, 6) is 1.44. The van der Waals surface area contributed by atoms with E-state index >= 15 is 0 Å². The Balaban J connectivity index is 1.36. The van der Waals surface area contributed by atoms with E-state index in [1.165, 1.54) is 5.56 Å². The van der Waals surface area contributed by atoms with Gasteiger partial charge in [0.1, 0.15) is 23.4 Å². The molecule has 3 aliphatic rings. The number of amides is 2. The van der Waals surface area contributed by atoms with Crippen LogP contribution in [-0.4, -0.2) is 72.1 Å². The molecule has 7 nitrogen and oxygen atoms in total. The van der Waals surface area contributed by atoms with Gasteiger partial charge < -0.3 is 19.7 Å². The molecule has 1 aromatic rings. The molecule has 0 radical (unpaired) electrons. The van der Waals surface area contributed by atoms with E-state index < -0.39 is 5.54 Å². The van der Waals surface area contributed by atoms with Crippen LogP contribution in [0.15, 0.2) is 24.3 Å². The van der Waals surface area contributed by atoms with Crippen molar-refractivity contribution in [2.24, 2.45) is 5.92 Å². The third-order valence-electron chi connectivity index (χ3n) is 7.74. The highest BCUT2D eigenvalue weighted by molar-refractivity contribution is 6.00. The second-order valence-corrected chi connectivity index (χ2v) is 10.9. The van der Waals surface area contributed by atoms with Gasteiger partial charge in [-0.05, 0) is 49.3 Å². The van der Waals surface area contributed by atoms with Crippen molar-refractivity contribution < 1.29 is 19.1 Å². The van der Waals surface area contributed by atoms with Crippen LogP contribution in [0.25, 0.3) is 0 Å². The molecule has 7 heteroatoms. The van der Waals surface area contributed by atoms with Crippen molar-refractivity contribution >= 4 is 11.8 Å². The van der Waals surface area contributed by atoms with E-state index in [1.54, 1.807) is 0 Å². The molecule has 1 aromatic carbocycles. The lowest BCUT2D eigenvalue weighted by molar-refractivity contribution is -0.161. The number of hydrogen-bond acceptors (Lipinski definition) is 5. The van der Waals surface area contributed by atoms with Crippen molar-refractivity contribution in [1.29, 1.82) is 0 Å². The van der Waals surface area contributed by atoms with E-state index in [4.69, 9.17) is 9.47 Å². The van der Waals surface area contributed by atoms with Crippen LogP contribution in [0.4, 0.5) is 0 Å². The molecule has 3 fully saturated rings. The number of piperazine rings is 1. The van der Waals surface area contributed by atoms with Crippen molar-refractivity contribution in [3.8, 4) is 5.75 Å². The van der Waals surface area contributed by atoms with Crippen LogP contribution in [0.3, 0.4) is 0 Å². The number of nitrogens with zero attached hydrogens (tertiary/aromatic N) is 2. The average Bonchev–Trinajstić information content (AvgIpc) is 2.85. The number of nitrogens with one attached hydrogen (secondary N) is 1. The maximum Gasteiger partial charge on any atom is 0.246 e. The molecule has 3 heterocycles. The Morgan fingerprint density at radius 3 is 2.43 bits per heavy atom. The molecule has 0 saturated carbocycles. The fourth-order valence-corrected chi connectivity index (χ4v) is 5.64. The van der Waals surface area contributed by atoms with E-state index in [2.05, 4.69) is 55.3 Å². The zero-order chi connectivity index (χ0) is 24.8. The number of piperidine rings is 1. The number of hydrogen-bond donors (Lipinski definition) is 1. The van der Waals surface area contributed by atoms with Crippen LogP contribution in [0.1, 0.15) is 71.3 Å². The summed E-state index contributed by atoms with van der Waals surface area (Å²) in [6, 6.07) is 8.01. The van der Waals surface area contributed by atoms with Gasteiger partial charge in [-0.25, -0.2) is 0 Å². The zero-order valence-electron chi connectivity index (χ0n) is 21.8. The summed E-state index contributed by atoms with van der Waals surface area (Å²) in [5.41, 5.74) is 0.543. The summed E-state index contributed by atoms with van der Waals surface area (Å²) in [6.07, 6.45) is 6.15. The standard InChI is InChI=1S/C28H43N3O4/c1-4-5-14-31-26(32)25(19-21(2)3)29-27(33)28(31)12-15-30(16-13-28)20-22-6-8-23(9-7-22)35-24-10-17-34-18-11-24/h6-9,21,24-25H,4-5,10-20H2,1-3H3,(H,29,33). The van der Waals surface area contributed by atoms with Gasteiger partial charge in [0.25, 0.3) is 0 Å². The highest BCUT2D eigenvalue weighted by atomic mass is 16.5. The fraction of sp³-hybridized carbons (Fsp3) is 0.714. The number of benzene rings is 1. The fourth-order valence-electron chi connectivity index (χ4n) is 5.64. The Bertz CT molecular complexity index is 842. The second kappa shape index (κ2) is 11.7. The molecule has 2 amide bonds. The summed E-state index contributed by atoms with van der Waals surface area (Å²) in [6.45, 7) is 11.0. The lowest BCUT2D eigenvalue weighted by Crippen LogP contribution is -2.73. The Morgan fingerprint density at radius 1 is 1.11 bits per heavy atom. The minimum Gasteiger partial charge on any atom is -0.490 e. The van der Waals surface area contributed by atoms with E-state index in [9.17, 15) is 9.59 Å². The molecule has 4 rings (SSSR count). The smallest absolute Gasteiger partial charge is 0.246 e. The van der Waals surface area contributed by atoms with Crippen molar-refractivity contribution in [1.82, 2.24) is 15.1 Å². The van der Waals surface area contributed by atoms with Crippen LogP contribution >= 0.6 is 0 Å². The van der Waals surface area contributed by atoms with Crippen LogP contribution in [0.2, 0.25) is 0 Å². The summed E-state index contributed by atoms with van der Waals surface area (Å²) in [4.78, 5) is 31.2. The van der Waals surface area contributed by atoms with Crippen molar-refractivity contribution in [2.45, 2.75) is 89.9 Å². The maximum atomic E-state index is 13.4. The molecule has 0 aliphatic carbocycles. The Labute approximate surface area is 210 Å². The lowest BCUT2D eigenvalue weighted by Gasteiger charge is -2.52. The molecular weight excluding hydrogens is 442 g/mol. The predicted molar refractivity (Wildman–Crippen MR) is 136 cm³/mol. The van der Waals surface area contributed by atoms with Crippen molar-refractivity contribution in [2.75, 3.05) is 32.8 Å². The molecule has 0 aromatic heterocycles. The topological polar surface area (TPSA) is 71.1 Å². The first-order valence-electron chi connectivity index (χ1n) is 13.6. The molecule has 194 valence electrons. The largest absolute Gasteiger partial charge is 0.490 e. The Hall–Kier alpha value is -2.12. The van der Waals surface area contributed by atoms with Crippen LogP contribution < -0.4 is 10.1 Å².